The van der Waals surface area contributed by atoms with E-state index in [1.54, 1.807) is 17.5 Å². The van der Waals surface area contributed by atoms with E-state index in [0.29, 0.717) is 5.82 Å². The summed E-state index contributed by atoms with van der Waals surface area (Å²) in [7, 11) is 0. The molecule has 5 heteroatoms. The zero-order chi connectivity index (χ0) is 14.4. The lowest BCUT2D eigenvalue weighted by atomic mass is 10.2. The van der Waals surface area contributed by atoms with E-state index in [-0.39, 0.29) is 0 Å². The average Bonchev–Trinajstić information content (AvgIpc) is 3.01. The van der Waals surface area contributed by atoms with Gasteiger partial charge in [-0.3, -0.25) is 4.98 Å². The molecule has 4 aromatic heterocycles. The predicted molar refractivity (Wildman–Crippen MR) is 91.2 cm³/mol. The van der Waals surface area contributed by atoms with E-state index in [1.165, 1.54) is 24.5 Å². The largest absolute Gasteiger partial charge is 0.383 e. The Hall–Kier alpha value is -1.98. The lowest BCUT2D eigenvalue weighted by Crippen LogP contribution is -1.89. The van der Waals surface area contributed by atoms with Crippen molar-refractivity contribution in [3.63, 3.8) is 0 Å². The lowest BCUT2D eigenvalue weighted by Gasteiger charge is -1.98. The number of nitrogen functional groups attached to an aromatic ring is 1. The number of fused-ring (bicyclic) bond motifs is 2. The first-order valence-electron chi connectivity index (χ1n) is 6.67. The smallest absolute Gasteiger partial charge is 0.132 e. The summed E-state index contributed by atoms with van der Waals surface area (Å²) >= 11 is 3.58. The number of anilines is 1. The minimum Gasteiger partial charge on any atom is -0.383 e. The molecule has 0 spiro atoms. The van der Waals surface area contributed by atoms with Crippen LogP contribution in [0.3, 0.4) is 0 Å². The fourth-order valence-corrected chi connectivity index (χ4v) is 4.54. The molecule has 4 aromatic rings. The number of nitrogens with two attached hydrogens (primary N) is 1. The van der Waals surface area contributed by atoms with Crippen LogP contribution in [0.1, 0.15) is 15.4 Å². The standard InChI is InChI=1S/C16H13N3S2/c1-9-4-10-8-19-11(6-15(10)20-9)5-12-7-13-14(21-12)2-3-18-16(13)17/h2-4,6-8H,5H2,1H3,(H2,17,18). The number of rotatable bonds is 2. The van der Waals surface area contributed by atoms with Crippen LogP contribution in [0.25, 0.3) is 20.2 Å². The topological polar surface area (TPSA) is 51.8 Å². The van der Waals surface area contributed by atoms with Crippen LogP contribution in [0.5, 0.6) is 0 Å². The molecule has 4 rings (SSSR count). The third-order valence-corrected chi connectivity index (χ3v) is 5.58. The Morgan fingerprint density at radius 2 is 2.00 bits per heavy atom. The second-order valence-electron chi connectivity index (χ2n) is 5.07. The lowest BCUT2D eigenvalue weighted by molar-refractivity contribution is 1.11. The monoisotopic (exact) mass is 311 g/mol. The molecule has 104 valence electrons. The molecule has 4 heterocycles. The Labute approximate surface area is 130 Å². The Balaban J connectivity index is 1.73. The van der Waals surface area contributed by atoms with Gasteiger partial charge in [0.25, 0.3) is 0 Å². The van der Waals surface area contributed by atoms with Gasteiger partial charge >= 0.3 is 0 Å². The molecule has 0 bridgehead atoms. The van der Waals surface area contributed by atoms with Gasteiger partial charge in [-0.25, -0.2) is 4.98 Å². The van der Waals surface area contributed by atoms with Gasteiger partial charge < -0.3 is 5.73 Å². The van der Waals surface area contributed by atoms with Crippen LogP contribution in [-0.4, -0.2) is 9.97 Å². The van der Waals surface area contributed by atoms with E-state index in [9.17, 15) is 0 Å². The number of thiophene rings is 2. The van der Waals surface area contributed by atoms with Crippen molar-refractivity contribution < 1.29 is 0 Å². The summed E-state index contributed by atoms with van der Waals surface area (Å²) in [5, 5.41) is 2.27. The quantitative estimate of drug-likeness (QED) is 0.597. The fourth-order valence-electron chi connectivity index (χ4n) is 2.51. The highest BCUT2D eigenvalue weighted by Crippen LogP contribution is 2.31. The van der Waals surface area contributed by atoms with Crippen LogP contribution in [0.4, 0.5) is 5.82 Å². The molecule has 21 heavy (non-hydrogen) atoms. The summed E-state index contributed by atoms with van der Waals surface area (Å²) in [5.41, 5.74) is 7.02. The highest BCUT2D eigenvalue weighted by Gasteiger charge is 2.08. The SMILES string of the molecule is Cc1cc2cnc(Cc3cc4c(N)nccc4s3)cc2s1. The molecule has 0 aliphatic carbocycles. The number of hydrogen-bond acceptors (Lipinski definition) is 5. The third kappa shape index (κ3) is 2.28. The predicted octanol–water partition coefficient (Wildman–Crippen LogP) is 4.39. The maximum absolute atomic E-state index is 5.92. The van der Waals surface area contributed by atoms with Gasteiger partial charge in [-0.15, -0.1) is 22.7 Å². The Morgan fingerprint density at radius 3 is 2.86 bits per heavy atom. The molecule has 0 amide bonds. The van der Waals surface area contributed by atoms with Crippen molar-refractivity contribution in [3.05, 3.63) is 52.1 Å². The molecule has 0 atom stereocenters. The van der Waals surface area contributed by atoms with E-state index < -0.39 is 0 Å². The van der Waals surface area contributed by atoms with Gasteiger partial charge in [0.05, 0.1) is 0 Å². The molecule has 0 fully saturated rings. The molecule has 2 N–H and O–H groups in total. The number of aromatic nitrogens is 2. The molecule has 0 aromatic carbocycles. The van der Waals surface area contributed by atoms with Crippen LogP contribution in [0.15, 0.2) is 36.7 Å². The number of pyridine rings is 2. The summed E-state index contributed by atoms with van der Waals surface area (Å²) < 4.78 is 2.49. The van der Waals surface area contributed by atoms with E-state index in [2.05, 4.69) is 35.1 Å². The normalized spacial score (nSPS) is 11.5. The maximum Gasteiger partial charge on any atom is 0.132 e. The molecular formula is C16H13N3S2. The Morgan fingerprint density at radius 1 is 1.10 bits per heavy atom. The van der Waals surface area contributed by atoms with E-state index in [0.717, 1.165) is 17.5 Å². The minimum atomic E-state index is 0.604. The third-order valence-electron chi connectivity index (χ3n) is 3.46. The van der Waals surface area contributed by atoms with Crippen molar-refractivity contribution in [2.75, 3.05) is 5.73 Å². The Kier molecular flexibility index (Phi) is 2.90. The number of nitrogens with zero attached hydrogens (tertiary/aromatic N) is 2. The van der Waals surface area contributed by atoms with Gasteiger partial charge in [0.15, 0.2) is 0 Å². The van der Waals surface area contributed by atoms with Gasteiger partial charge in [0.2, 0.25) is 0 Å². The van der Waals surface area contributed by atoms with Crippen LogP contribution in [0.2, 0.25) is 0 Å². The summed E-state index contributed by atoms with van der Waals surface area (Å²) in [6.07, 6.45) is 4.57. The second kappa shape index (κ2) is 4.79. The zero-order valence-electron chi connectivity index (χ0n) is 11.5. The van der Waals surface area contributed by atoms with Gasteiger partial charge in [-0.1, -0.05) is 0 Å². The van der Waals surface area contributed by atoms with Crippen molar-refractivity contribution in [2.45, 2.75) is 13.3 Å². The Bertz CT molecular complexity index is 953. The summed E-state index contributed by atoms with van der Waals surface area (Å²) in [6, 6.07) is 8.52. The molecule has 0 aliphatic heterocycles. The number of hydrogen-bond donors (Lipinski definition) is 1. The second-order valence-corrected chi connectivity index (χ2v) is 7.52. The first-order chi connectivity index (χ1) is 10.2. The molecule has 0 aliphatic rings. The minimum absolute atomic E-state index is 0.604. The van der Waals surface area contributed by atoms with Gasteiger partial charge in [-0.05, 0) is 31.2 Å². The summed E-state index contributed by atoms with van der Waals surface area (Å²) in [6.45, 7) is 2.13. The first-order valence-corrected chi connectivity index (χ1v) is 8.30. The maximum atomic E-state index is 5.92. The van der Waals surface area contributed by atoms with Crippen molar-refractivity contribution in [3.8, 4) is 0 Å². The molecule has 0 saturated heterocycles. The molecule has 0 unspecified atom stereocenters. The van der Waals surface area contributed by atoms with Crippen LogP contribution in [0, 0.1) is 6.92 Å². The fraction of sp³-hybridized carbons (Fsp3) is 0.125. The summed E-state index contributed by atoms with van der Waals surface area (Å²) in [4.78, 5) is 11.3. The zero-order valence-corrected chi connectivity index (χ0v) is 13.1. The molecule has 3 nitrogen and oxygen atoms in total. The van der Waals surface area contributed by atoms with E-state index in [4.69, 9.17) is 5.73 Å². The van der Waals surface area contributed by atoms with Gasteiger partial charge in [0.1, 0.15) is 5.82 Å². The van der Waals surface area contributed by atoms with Crippen LogP contribution < -0.4 is 5.73 Å². The highest BCUT2D eigenvalue weighted by molar-refractivity contribution is 7.19. The highest BCUT2D eigenvalue weighted by atomic mass is 32.1. The first kappa shape index (κ1) is 12.7. The summed E-state index contributed by atoms with van der Waals surface area (Å²) in [5.74, 6) is 0.604. The molecular weight excluding hydrogens is 298 g/mol. The van der Waals surface area contributed by atoms with Gasteiger partial charge in [0, 0.05) is 54.4 Å². The van der Waals surface area contributed by atoms with Crippen molar-refractivity contribution in [2.24, 2.45) is 0 Å². The average molecular weight is 311 g/mol. The van der Waals surface area contributed by atoms with Crippen molar-refractivity contribution >= 4 is 48.7 Å². The van der Waals surface area contributed by atoms with E-state index >= 15 is 0 Å². The molecule has 0 radical (unpaired) electrons. The van der Waals surface area contributed by atoms with Crippen molar-refractivity contribution in [1.29, 1.82) is 0 Å². The van der Waals surface area contributed by atoms with E-state index in [1.807, 2.05) is 23.6 Å². The molecule has 0 saturated carbocycles. The van der Waals surface area contributed by atoms with Crippen molar-refractivity contribution in [1.82, 2.24) is 9.97 Å². The van der Waals surface area contributed by atoms with Crippen LogP contribution >= 0.6 is 22.7 Å². The van der Waals surface area contributed by atoms with Crippen LogP contribution in [-0.2, 0) is 6.42 Å². The number of aryl methyl sites for hydroxylation is 1. The van der Waals surface area contributed by atoms with Gasteiger partial charge in [-0.2, -0.15) is 0 Å².